The summed E-state index contributed by atoms with van der Waals surface area (Å²) in [5.41, 5.74) is 5.49. The molecule has 1 aliphatic carbocycles. The van der Waals surface area contributed by atoms with Gasteiger partial charge in [-0.15, -0.1) is 0 Å². The molecule has 0 saturated carbocycles. The summed E-state index contributed by atoms with van der Waals surface area (Å²) in [5, 5.41) is 3.56. The smallest absolute Gasteiger partial charge is 0.231 e. The zero-order valence-corrected chi connectivity index (χ0v) is 15.7. The maximum absolute atomic E-state index is 13.1. The summed E-state index contributed by atoms with van der Waals surface area (Å²) >= 11 is 0. The molecule has 3 atom stereocenters. The van der Waals surface area contributed by atoms with Gasteiger partial charge in [0.2, 0.25) is 5.91 Å². The Hall–Kier alpha value is -1.81. The van der Waals surface area contributed by atoms with Crippen molar-refractivity contribution >= 4 is 17.2 Å². The lowest BCUT2D eigenvalue weighted by atomic mass is 9.74. The normalized spacial score (nSPS) is 27.4. The fourth-order valence-electron chi connectivity index (χ4n) is 4.99. The Morgan fingerprint density at radius 1 is 1.40 bits per heavy atom. The SMILES string of the molecule is CCN(C(=O)C1C=C2c3cccc4c3C(CN4)CC2N(C)C1)C(C)C. The molecule has 0 radical (unpaired) electrons. The minimum Gasteiger partial charge on any atom is -0.384 e. The summed E-state index contributed by atoms with van der Waals surface area (Å²) in [6.45, 7) is 8.92. The van der Waals surface area contributed by atoms with Gasteiger partial charge in [-0.25, -0.2) is 0 Å². The molecule has 1 amide bonds. The molecule has 0 bridgehead atoms. The van der Waals surface area contributed by atoms with Crippen LogP contribution < -0.4 is 5.32 Å². The van der Waals surface area contributed by atoms with Crippen LogP contribution >= 0.6 is 0 Å². The minimum absolute atomic E-state index is 0.0413. The van der Waals surface area contributed by atoms with Crippen molar-refractivity contribution in [3.63, 3.8) is 0 Å². The Bertz CT molecular complexity index is 724. The largest absolute Gasteiger partial charge is 0.384 e. The predicted molar refractivity (Wildman–Crippen MR) is 103 cm³/mol. The van der Waals surface area contributed by atoms with Crippen molar-refractivity contribution < 1.29 is 4.79 Å². The van der Waals surface area contributed by atoms with Crippen molar-refractivity contribution in [3.05, 3.63) is 35.4 Å². The number of nitrogens with zero attached hydrogens (tertiary/aromatic N) is 2. The Kier molecular flexibility index (Phi) is 4.11. The number of hydrogen-bond acceptors (Lipinski definition) is 3. The van der Waals surface area contributed by atoms with Crippen molar-refractivity contribution in [2.24, 2.45) is 5.92 Å². The average Bonchev–Trinajstić information content (AvgIpc) is 3.00. The number of likely N-dealkylation sites (N-methyl/N-ethyl adjacent to an activating group) is 1. The van der Waals surface area contributed by atoms with Crippen molar-refractivity contribution in [1.29, 1.82) is 0 Å². The van der Waals surface area contributed by atoms with Crippen LogP contribution in [0, 0.1) is 5.92 Å². The van der Waals surface area contributed by atoms with Crippen LogP contribution in [0.1, 0.15) is 44.2 Å². The van der Waals surface area contributed by atoms with E-state index >= 15 is 0 Å². The van der Waals surface area contributed by atoms with E-state index in [4.69, 9.17) is 0 Å². The average molecular weight is 339 g/mol. The Morgan fingerprint density at radius 2 is 2.20 bits per heavy atom. The highest BCUT2D eigenvalue weighted by Gasteiger charge is 2.41. The molecule has 134 valence electrons. The standard InChI is InChI=1S/C21H29N3O/c1-5-24(13(2)3)21(25)15-9-17-16-7-6-8-18-20(16)14(11-22-18)10-19(17)23(4)12-15/h6-9,13-15,19,22H,5,10-12H2,1-4H3. The van der Waals surface area contributed by atoms with Crippen molar-refractivity contribution in [1.82, 2.24) is 9.80 Å². The van der Waals surface area contributed by atoms with E-state index in [1.165, 1.54) is 22.4 Å². The van der Waals surface area contributed by atoms with Crippen LogP contribution in [0.25, 0.3) is 5.57 Å². The number of amides is 1. The first-order valence-electron chi connectivity index (χ1n) is 9.60. The molecule has 2 aliphatic heterocycles. The quantitative estimate of drug-likeness (QED) is 0.919. The number of anilines is 1. The molecule has 0 aromatic heterocycles. The predicted octanol–water partition coefficient (Wildman–Crippen LogP) is 3.17. The molecule has 1 aromatic carbocycles. The molecule has 2 heterocycles. The van der Waals surface area contributed by atoms with Gasteiger partial charge >= 0.3 is 0 Å². The fraction of sp³-hybridized carbons (Fsp3) is 0.571. The lowest BCUT2D eigenvalue weighted by Gasteiger charge is -2.43. The monoisotopic (exact) mass is 339 g/mol. The van der Waals surface area contributed by atoms with Crippen LogP contribution in [0.5, 0.6) is 0 Å². The first-order valence-corrected chi connectivity index (χ1v) is 9.60. The number of carbonyl (C=O) groups is 1. The molecule has 4 heteroatoms. The van der Waals surface area contributed by atoms with Gasteiger partial charge in [0.15, 0.2) is 0 Å². The molecule has 0 saturated heterocycles. The van der Waals surface area contributed by atoms with E-state index < -0.39 is 0 Å². The van der Waals surface area contributed by atoms with E-state index in [0.29, 0.717) is 12.0 Å². The van der Waals surface area contributed by atoms with Gasteiger partial charge in [-0.05, 0) is 57.0 Å². The molecule has 1 aromatic rings. The van der Waals surface area contributed by atoms with Crippen molar-refractivity contribution in [3.8, 4) is 0 Å². The molecule has 4 nitrogen and oxygen atoms in total. The number of hydrogen-bond donors (Lipinski definition) is 1. The van der Waals surface area contributed by atoms with Crippen molar-refractivity contribution in [2.75, 3.05) is 32.0 Å². The number of rotatable bonds is 3. The number of fused-ring (bicyclic) bond motifs is 2. The highest BCUT2D eigenvalue weighted by Crippen LogP contribution is 2.48. The second-order valence-corrected chi connectivity index (χ2v) is 7.98. The lowest BCUT2D eigenvalue weighted by molar-refractivity contribution is -0.136. The minimum atomic E-state index is -0.0413. The topological polar surface area (TPSA) is 35.6 Å². The summed E-state index contributed by atoms with van der Waals surface area (Å²) < 4.78 is 0. The second kappa shape index (κ2) is 6.17. The van der Waals surface area contributed by atoms with Gasteiger partial charge in [0.05, 0.1) is 5.92 Å². The van der Waals surface area contributed by atoms with Gasteiger partial charge in [0, 0.05) is 43.3 Å². The highest BCUT2D eigenvalue weighted by molar-refractivity contribution is 5.87. The van der Waals surface area contributed by atoms with Crippen molar-refractivity contribution in [2.45, 2.75) is 45.2 Å². The van der Waals surface area contributed by atoms with Crippen LogP contribution in [0.4, 0.5) is 5.69 Å². The molecule has 1 N–H and O–H groups in total. The molecule has 3 aliphatic rings. The third-order valence-corrected chi connectivity index (χ3v) is 6.19. The summed E-state index contributed by atoms with van der Waals surface area (Å²) in [6, 6.07) is 7.26. The number of benzene rings is 1. The van der Waals surface area contributed by atoms with E-state index in [1.807, 2.05) is 4.90 Å². The Labute approximate surface area is 150 Å². The lowest BCUT2D eigenvalue weighted by Crippen LogP contribution is -2.49. The van der Waals surface area contributed by atoms with E-state index in [0.717, 1.165) is 26.1 Å². The van der Waals surface area contributed by atoms with E-state index in [1.54, 1.807) is 0 Å². The summed E-state index contributed by atoms with van der Waals surface area (Å²) in [4.78, 5) is 17.5. The molecule has 4 rings (SSSR count). The third kappa shape index (κ3) is 2.58. The van der Waals surface area contributed by atoms with Crippen LogP contribution in [-0.2, 0) is 4.79 Å². The molecular weight excluding hydrogens is 310 g/mol. The first kappa shape index (κ1) is 16.6. The Balaban J connectivity index is 1.74. The number of nitrogens with one attached hydrogen (secondary N) is 1. The van der Waals surface area contributed by atoms with Crippen LogP contribution in [0.3, 0.4) is 0 Å². The number of carbonyl (C=O) groups excluding carboxylic acids is 1. The van der Waals surface area contributed by atoms with Gasteiger partial charge in [0.25, 0.3) is 0 Å². The van der Waals surface area contributed by atoms with Crippen LogP contribution in [0.2, 0.25) is 0 Å². The third-order valence-electron chi connectivity index (χ3n) is 6.19. The fourth-order valence-corrected chi connectivity index (χ4v) is 4.99. The van der Waals surface area contributed by atoms with Gasteiger partial charge in [0.1, 0.15) is 0 Å². The molecular formula is C21H29N3O. The van der Waals surface area contributed by atoms with E-state index in [2.05, 4.69) is 62.3 Å². The summed E-state index contributed by atoms with van der Waals surface area (Å²) in [5.74, 6) is 0.828. The zero-order valence-electron chi connectivity index (χ0n) is 15.7. The maximum atomic E-state index is 13.1. The molecule has 0 spiro atoms. The molecule has 0 fully saturated rings. The zero-order chi connectivity index (χ0) is 17.7. The van der Waals surface area contributed by atoms with Gasteiger partial charge < -0.3 is 10.2 Å². The van der Waals surface area contributed by atoms with Gasteiger partial charge in [-0.1, -0.05) is 18.2 Å². The van der Waals surface area contributed by atoms with E-state index in [-0.39, 0.29) is 17.9 Å². The van der Waals surface area contributed by atoms with Crippen LogP contribution in [0.15, 0.2) is 24.3 Å². The first-order chi connectivity index (χ1) is 12.0. The van der Waals surface area contributed by atoms with Gasteiger partial charge in [-0.2, -0.15) is 0 Å². The van der Waals surface area contributed by atoms with Gasteiger partial charge in [-0.3, -0.25) is 9.69 Å². The highest BCUT2D eigenvalue weighted by atomic mass is 16.2. The summed E-state index contributed by atoms with van der Waals surface area (Å²) in [7, 11) is 2.18. The second-order valence-electron chi connectivity index (χ2n) is 7.98. The Morgan fingerprint density at radius 3 is 2.92 bits per heavy atom. The van der Waals surface area contributed by atoms with Crippen LogP contribution in [-0.4, -0.2) is 54.5 Å². The molecule has 25 heavy (non-hydrogen) atoms. The maximum Gasteiger partial charge on any atom is 0.231 e. The summed E-state index contributed by atoms with van der Waals surface area (Å²) in [6.07, 6.45) is 3.43. The van der Waals surface area contributed by atoms with E-state index in [9.17, 15) is 4.79 Å². The molecule has 3 unspecified atom stereocenters.